The first kappa shape index (κ1) is 13.9. The van der Waals surface area contributed by atoms with Crippen LogP contribution in [0.25, 0.3) is 0 Å². The lowest BCUT2D eigenvalue weighted by Crippen LogP contribution is -2.35. The highest BCUT2D eigenvalue weighted by molar-refractivity contribution is 5.14. The molecule has 0 fully saturated rings. The van der Waals surface area contributed by atoms with Crippen LogP contribution in [0.15, 0.2) is 12.4 Å². The van der Waals surface area contributed by atoms with Gasteiger partial charge in [-0.15, -0.1) is 0 Å². The van der Waals surface area contributed by atoms with E-state index in [2.05, 4.69) is 36.1 Å². The highest BCUT2D eigenvalue weighted by atomic mass is 16.5. The lowest BCUT2D eigenvalue weighted by molar-refractivity contribution is 0.324. The van der Waals surface area contributed by atoms with E-state index in [4.69, 9.17) is 4.74 Å². The molecule has 4 nitrogen and oxygen atoms in total. The van der Waals surface area contributed by atoms with Crippen LogP contribution in [0.1, 0.15) is 33.4 Å². The molecule has 1 atom stereocenters. The minimum Gasteiger partial charge on any atom is -0.478 e. The lowest BCUT2D eigenvalue weighted by atomic mass is 9.99. The van der Waals surface area contributed by atoms with Crippen LogP contribution in [0.5, 0.6) is 5.88 Å². The van der Waals surface area contributed by atoms with Gasteiger partial charge in [0.1, 0.15) is 6.33 Å². The zero-order valence-corrected chi connectivity index (χ0v) is 11.2. The number of aromatic nitrogens is 2. The van der Waals surface area contributed by atoms with Gasteiger partial charge in [0.05, 0.1) is 6.61 Å². The summed E-state index contributed by atoms with van der Waals surface area (Å²) in [4.78, 5) is 8.37. The fourth-order valence-corrected chi connectivity index (χ4v) is 1.75. The molecular weight excluding hydrogens is 214 g/mol. The Balaban J connectivity index is 2.68. The third-order valence-electron chi connectivity index (χ3n) is 2.69. The Morgan fingerprint density at radius 1 is 1.29 bits per heavy atom. The predicted molar refractivity (Wildman–Crippen MR) is 69.2 cm³/mol. The molecule has 0 bridgehead atoms. The predicted octanol–water partition coefficient (Wildman–Crippen LogP) is 2.05. The molecular formula is C13H23N3O. The van der Waals surface area contributed by atoms with Crippen molar-refractivity contribution in [1.29, 1.82) is 0 Å². The van der Waals surface area contributed by atoms with Crippen molar-refractivity contribution < 1.29 is 4.74 Å². The molecule has 0 amide bonds. The largest absolute Gasteiger partial charge is 0.478 e. The molecule has 1 N–H and O–H groups in total. The van der Waals surface area contributed by atoms with Crippen molar-refractivity contribution in [3.63, 3.8) is 0 Å². The average molecular weight is 237 g/mol. The highest BCUT2D eigenvalue weighted by Gasteiger charge is 2.13. The molecule has 1 aromatic rings. The molecule has 0 saturated carbocycles. The molecule has 0 aromatic carbocycles. The van der Waals surface area contributed by atoms with E-state index in [9.17, 15) is 0 Å². The summed E-state index contributed by atoms with van der Waals surface area (Å²) in [5, 5.41) is 3.48. The first-order chi connectivity index (χ1) is 8.17. The monoisotopic (exact) mass is 237 g/mol. The molecule has 1 aromatic heterocycles. The topological polar surface area (TPSA) is 47.0 Å². The van der Waals surface area contributed by atoms with Crippen molar-refractivity contribution in [2.45, 2.75) is 40.2 Å². The molecule has 0 aliphatic heterocycles. The van der Waals surface area contributed by atoms with E-state index in [0.717, 1.165) is 18.7 Å². The van der Waals surface area contributed by atoms with Crippen molar-refractivity contribution in [3.8, 4) is 5.88 Å². The fourth-order valence-electron chi connectivity index (χ4n) is 1.75. The van der Waals surface area contributed by atoms with Crippen LogP contribution < -0.4 is 10.1 Å². The molecule has 1 rings (SSSR count). The first-order valence-corrected chi connectivity index (χ1v) is 6.34. The van der Waals surface area contributed by atoms with Crippen LogP contribution in [0.4, 0.5) is 0 Å². The molecule has 0 radical (unpaired) electrons. The smallest absolute Gasteiger partial charge is 0.216 e. The molecule has 1 unspecified atom stereocenters. The number of nitrogens with zero attached hydrogens (tertiary/aromatic N) is 2. The zero-order chi connectivity index (χ0) is 12.7. The van der Waals surface area contributed by atoms with Gasteiger partial charge in [0.2, 0.25) is 5.88 Å². The second-order valence-corrected chi connectivity index (χ2v) is 4.39. The van der Waals surface area contributed by atoms with Gasteiger partial charge in [0.15, 0.2) is 0 Å². The zero-order valence-electron chi connectivity index (χ0n) is 11.2. The van der Waals surface area contributed by atoms with E-state index >= 15 is 0 Å². The quantitative estimate of drug-likeness (QED) is 0.788. The lowest BCUT2D eigenvalue weighted by Gasteiger charge is -2.21. The third-order valence-corrected chi connectivity index (χ3v) is 2.69. The van der Waals surface area contributed by atoms with Crippen molar-refractivity contribution in [2.75, 3.05) is 13.2 Å². The maximum Gasteiger partial charge on any atom is 0.216 e. The van der Waals surface area contributed by atoms with E-state index in [1.165, 1.54) is 0 Å². The summed E-state index contributed by atoms with van der Waals surface area (Å²) in [7, 11) is 0. The van der Waals surface area contributed by atoms with Gasteiger partial charge in [-0.05, 0) is 19.4 Å². The second kappa shape index (κ2) is 7.22. The van der Waals surface area contributed by atoms with E-state index in [1.54, 1.807) is 6.33 Å². The van der Waals surface area contributed by atoms with Crippen LogP contribution in [0.3, 0.4) is 0 Å². The number of rotatable bonds is 7. The number of hydrogen-bond acceptors (Lipinski definition) is 4. The van der Waals surface area contributed by atoms with Crippen molar-refractivity contribution in [2.24, 2.45) is 5.92 Å². The number of likely N-dealkylation sites (N-methyl/N-ethyl adjacent to an activating group) is 1. The molecule has 0 spiro atoms. The summed E-state index contributed by atoms with van der Waals surface area (Å²) >= 11 is 0. The van der Waals surface area contributed by atoms with Gasteiger partial charge in [-0.1, -0.05) is 20.8 Å². The van der Waals surface area contributed by atoms with Gasteiger partial charge >= 0.3 is 0 Å². The number of nitrogens with one attached hydrogen (secondary N) is 1. The highest BCUT2D eigenvalue weighted by Crippen LogP contribution is 2.12. The number of ether oxygens (including phenoxy) is 1. The summed E-state index contributed by atoms with van der Waals surface area (Å²) < 4.78 is 5.38. The Kier molecular flexibility index (Phi) is 5.91. The summed E-state index contributed by atoms with van der Waals surface area (Å²) in [6, 6.07) is 2.38. The Morgan fingerprint density at radius 3 is 2.65 bits per heavy atom. The second-order valence-electron chi connectivity index (χ2n) is 4.39. The Labute approximate surface area is 104 Å². The van der Waals surface area contributed by atoms with Crippen molar-refractivity contribution in [3.05, 3.63) is 18.1 Å². The standard InChI is InChI=1S/C13H23N3O/c1-5-14-12(10(3)4)7-11-8-13(17-6-2)16-9-15-11/h8-10,12,14H,5-7H2,1-4H3. The summed E-state index contributed by atoms with van der Waals surface area (Å²) in [5.41, 5.74) is 1.03. The summed E-state index contributed by atoms with van der Waals surface area (Å²) in [6.45, 7) is 10.1. The minimum atomic E-state index is 0.448. The van der Waals surface area contributed by atoms with Crippen molar-refractivity contribution in [1.82, 2.24) is 15.3 Å². The Morgan fingerprint density at radius 2 is 2.06 bits per heavy atom. The van der Waals surface area contributed by atoms with Crippen LogP contribution in [0.2, 0.25) is 0 Å². The maximum atomic E-state index is 5.38. The molecule has 1 heterocycles. The van der Waals surface area contributed by atoms with Crippen LogP contribution >= 0.6 is 0 Å². The van der Waals surface area contributed by atoms with Gasteiger partial charge in [0.25, 0.3) is 0 Å². The molecule has 96 valence electrons. The van der Waals surface area contributed by atoms with E-state index in [-0.39, 0.29) is 0 Å². The van der Waals surface area contributed by atoms with E-state index < -0.39 is 0 Å². The first-order valence-electron chi connectivity index (χ1n) is 6.34. The van der Waals surface area contributed by atoms with Gasteiger partial charge in [-0.2, -0.15) is 0 Å². The van der Waals surface area contributed by atoms with Crippen LogP contribution in [-0.2, 0) is 6.42 Å². The molecule has 0 saturated heterocycles. The average Bonchev–Trinajstić information content (AvgIpc) is 2.29. The van der Waals surface area contributed by atoms with E-state index in [0.29, 0.717) is 24.4 Å². The SMILES string of the molecule is CCNC(Cc1cc(OCC)ncn1)C(C)C. The van der Waals surface area contributed by atoms with Crippen molar-refractivity contribution >= 4 is 0 Å². The maximum absolute atomic E-state index is 5.38. The van der Waals surface area contributed by atoms with Gasteiger partial charge in [-0.25, -0.2) is 9.97 Å². The fraction of sp³-hybridized carbons (Fsp3) is 0.692. The Hall–Kier alpha value is -1.16. The Bertz CT molecular complexity index is 328. The minimum absolute atomic E-state index is 0.448. The van der Waals surface area contributed by atoms with Crippen LogP contribution in [-0.4, -0.2) is 29.2 Å². The summed E-state index contributed by atoms with van der Waals surface area (Å²) in [6.07, 6.45) is 2.48. The molecule has 4 heteroatoms. The van der Waals surface area contributed by atoms with Gasteiger partial charge in [0, 0.05) is 24.2 Å². The normalized spacial score (nSPS) is 12.8. The van der Waals surface area contributed by atoms with Gasteiger partial charge in [-0.3, -0.25) is 0 Å². The molecule has 0 aliphatic carbocycles. The molecule has 17 heavy (non-hydrogen) atoms. The van der Waals surface area contributed by atoms with Gasteiger partial charge < -0.3 is 10.1 Å². The summed E-state index contributed by atoms with van der Waals surface area (Å²) in [5.74, 6) is 1.25. The van der Waals surface area contributed by atoms with Crippen LogP contribution in [0, 0.1) is 5.92 Å². The number of hydrogen-bond donors (Lipinski definition) is 1. The third kappa shape index (κ3) is 4.69. The molecule has 0 aliphatic rings. The van der Waals surface area contributed by atoms with E-state index in [1.807, 2.05) is 13.0 Å².